The van der Waals surface area contributed by atoms with Gasteiger partial charge in [-0.3, -0.25) is 4.90 Å². The van der Waals surface area contributed by atoms with Gasteiger partial charge < -0.3 is 9.84 Å². The molecule has 0 amide bonds. The third-order valence-electron chi connectivity index (χ3n) is 4.29. The predicted molar refractivity (Wildman–Crippen MR) is 70.3 cm³/mol. The summed E-state index contributed by atoms with van der Waals surface area (Å²) in [7, 11) is 0. The van der Waals surface area contributed by atoms with Gasteiger partial charge in [0.15, 0.2) is 0 Å². The molecule has 0 bridgehead atoms. The molecular formula is C15H20FNO2. The number of aliphatic hydroxyl groups is 1. The minimum absolute atomic E-state index is 0.0210. The molecule has 2 aliphatic rings. The molecule has 3 rings (SSSR count). The molecule has 4 heteroatoms. The second-order valence-electron chi connectivity index (χ2n) is 5.66. The van der Waals surface area contributed by atoms with E-state index in [-0.39, 0.29) is 11.4 Å². The van der Waals surface area contributed by atoms with Crippen LogP contribution in [0.4, 0.5) is 4.39 Å². The number of hydrogen-bond donors (Lipinski definition) is 1. The fourth-order valence-electron chi connectivity index (χ4n) is 3.04. The number of ether oxygens (including phenoxy) is 1. The molecule has 19 heavy (non-hydrogen) atoms. The van der Waals surface area contributed by atoms with Crippen LogP contribution in [0.2, 0.25) is 0 Å². The highest BCUT2D eigenvalue weighted by Crippen LogP contribution is 2.38. The molecule has 1 atom stereocenters. The van der Waals surface area contributed by atoms with E-state index in [1.54, 1.807) is 18.2 Å². The maximum absolute atomic E-state index is 13.6. The summed E-state index contributed by atoms with van der Waals surface area (Å²) < 4.78 is 19.5. The molecule has 2 fully saturated rings. The van der Waals surface area contributed by atoms with E-state index >= 15 is 0 Å². The summed E-state index contributed by atoms with van der Waals surface area (Å²) in [6.45, 7) is 2.86. The highest BCUT2D eigenvalue weighted by molar-refractivity contribution is 5.20. The quantitative estimate of drug-likeness (QED) is 0.908. The van der Waals surface area contributed by atoms with E-state index in [2.05, 4.69) is 4.90 Å². The van der Waals surface area contributed by atoms with Crippen molar-refractivity contribution < 1.29 is 14.2 Å². The number of morpholine rings is 1. The first-order chi connectivity index (χ1) is 9.19. The van der Waals surface area contributed by atoms with Gasteiger partial charge in [0.05, 0.1) is 18.3 Å². The maximum atomic E-state index is 13.6. The van der Waals surface area contributed by atoms with Crippen molar-refractivity contribution in [2.75, 3.05) is 26.2 Å². The van der Waals surface area contributed by atoms with Crippen molar-refractivity contribution >= 4 is 0 Å². The Balaban J connectivity index is 1.63. The summed E-state index contributed by atoms with van der Waals surface area (Å²) in [5.41, 5.74) is 0.407. The molecule has 1 saturated carbocycles. The number of hydrogen-bond acceptors (Lipinski definition) is 3. The smallest absolute Gasteiger partial charge is 0.129 e. The van der Waals surface area contributed by atoms with E-state index in [4.69, 9.17) is 4.74 Å². The summed E-state index contributed by atoms with van der Waals surface area (Å²) in [4.78, 5) is 2.19. The van der Waals surface area contributed by atoms with Crippen molar-refractivity contribution in [1.29, 1.82) is 0 Å². The Morgan fingerprint density at radius 2 is 2.16 bits per heavy atom. The number of halogens is 1. The van der Waals surface area contributed by atoms with Crippen LogP contribution in [0.25, 0.3) is 0 Å². The van der Waals surface area contributed by atoms with E-state index in [0.29, 0.717) is 18.7 Å². The van der Waals surface area contributed by atoms with Crippen LogP contribution in [0.3, 0.4) is 0 Å². The maximum Gasteiger partial charge on any atom is 0.129 e. The number of β-amino-alcohol motifs (C(OH)–C–C–N with tert-alkyl or cyclic N) is 1. The van der Waals surface area contributed by atoms with Gasteiger partial charge in [0, 0.05) is 25.2 Å². The average molecular weight is 265 g/mol. The second-order valence-corrected chi connectivity index (χ2v) is 5.66. The number of aliphatic hydroxyl groups excluding tert-OH is 1. The van der Waals surface area contributed by atoms with Gasteiger partial charge in [-0.25, -0.2) is 4.39 Å². The molecule has 1 N–H and O–H groups in total. The fourth-order valence-corrected chi connectivity index (χ4v) is 3.04. The van der Waals surface area contributed by atoms with Gasteiger partial charge in [0.2, 0.25) is 0 Å². The van der Waals surface area contributed by atoms with Crippen molar-refractivity contribution in [3.63, 3.8) is 0 Å². The predicted octanol–water partition coefficient (Wildman–Crippen LogP) is 2.11. The van der Waals surface area contributed by atoms with Crippen molar-refractivity contribution in [2.24, 2.45) is 0 Å². The summed E-state index contributed by atoms with van der Waals surface area (Å²) in [6.07, 6.45) is 2.68. The van der Waals surface area contributed by atoms with E-state index in [9.17, 15) is 9.50 Å². The van der Waals surface area contributed by atoms with Gasteiger partial charge in [-0.15, -0.1) is 0 Å². The summed E-state index contributed by atoms with van der Waals surface area (Å²) in [5.74, 6) is -0.332. The number of benzene rings is 1. The van der Waals surface area contributed by atoms with Crippen LogP contribution in [-0.2, 0) is 4.74 Å². The summed E-state index contributed by atoms with van der Waals surface area (Å²) in [5, 5.41) is 10.2. The minimum Gasteiger partial charge on any atom is -0.387 e. The fraction of sp³-hybridized carbons (Fsp3) is 0.600. The number of rotatable bonds is 3. The van der Waals surface area contributed by atoms with Crippen molar-refractivity contribution in [1.82, 2.24) is 4.90 Å². The van der Waals surface area contributed by atoms with Gasteiger partial charge in [-0.1, -0.05) is 18.2 Å². The molecule has 1 aliphatic carbocycles. The first kappa shape index (κ1) is 13.0. The molecule has 0 radical (unpaired) electrons. The summed E-state index contributed by atoms with van der Waals surface area (Å²) in [6, 6.07) is 6.45. The first-order valence-corrected chi connectivity index (χ1v) is 6.97. The third kappa shape index (κ3) is 2.66. The van der Waals surface area contributed by atoms with Crippen LogP contribution in [0, 0.1) is 5.82 Å². The topological polar surface area (TPSA) is 32.7 Å². The van der Waals surface area contributed by atoms with Crippen LogP contribution in [0.15, 0.2) is 24.3 Å². The van der Waals surface area contributed by atoms with E-state index < -0.39 is 6.10 Å². The Bertz CT molecular complexity index is 448. The third-order valence-corrected chi connectivity index (χ3v) is 4.29. The molecule has 1 heterocycles. The number of nitrogens with zero attached hydrogens (tertiary/aromatic N) is 1. The molecule has 1 spiro atoms. The molecule has 1 aromatic rings. The zero-order valence-corrected chi connectivity index (χ0v) is 11.0. The standard InChI is InChI=1S/C15H20FNO2/c16-13-5-2-1-4-12(13)14(18)10-17-8-9-19-15(11-17)6-3-7-15/h1-2,4-5,14,18H,3,6-11H2. The van der Waals surface area contributed by atoms with E-state index in [0.717, 1.165) is 25.9 Å². The van der Waals surface area contributed by atoms with Gasteiger partial charge in [-0.2, -0.15) is 0 Å². The van der Waals surface area contributed by atoms with Crippen molar-refractivity contribution in [3.8, 4) is 0 Å². The Morgan fingerprint density at radius 1 is 1.37 bits per heavy atom. The molecular weight excluding hydrogens is 245 g/mol. The largest absolute Gasteiger partial charge is 0.387 e. The SMILES string of the molecule is OC(CN1CCOC2(CCC2)C1)c1ccccc1F. The lowest BCUT2D eigenvalue weighted by atomic mass is 9.79. The Hall–Kier alpha value is -0.970. The molecule has 0 aromatic heterocycles. The van der Waals surface area contributed by atoms with Crippen molar-refractivity contribution in [2.45, 2.75) is 31.0 Å². The monoisotopic (exact) mass is 265 g/mol. The highest BCUT2D eigenvalue weighted by atomic mass is 19.1. The van der Waals surface area contributed by atoms with Crippen LogP contribution >= 0.6 is 0 Å². The zero-order valence-electron chi connectivity index (χ0n) is 11.0. The minimum atomic E-state index is -0.767. The zero-order chi connectivity index (χ0) is 13.3. The van der Waals surface area contributed by atoms with Crippen LogP contribution in [-0.4, -0.2) is 41.8 Å². The molecule has 1 saturated heterocycles. The van der Waals surface area contributed by atoms with Gasteiger partial charge >= 0.3 is 0 Å². The van der Waals surface area contributed by atoms with Crippen LogP contribution < -0.4 is 0 Å². The Kier molecular flexibility index (Phi) is 3.56. The Morgan fingerprint density at radius 3 is 2.84 bits per heavy atom. The molecule has 3 nitrogen and oxygen atoms in total. The molecule has 1 aliphatic heterocycles. The lowest BCUT2D eigenvalue weighted by Crippen LogP contribution is -2.56. The lowest BCUT2D eigenvalue weighted by Gasteiger charge is -2.48. The van der Waals surface area contributed by atoms with E-state index in [1.807, 2.05) is 0 Å². The highest BCUT2D eigenvalue weighted by Gasteiger charge is 2.42. The molecule has 1 unspecified atom stereocenters. The first-order valence-electron chi connectivity index (χ1n) is 6.97. The lowest BCUT2D eigenvalue weighted by molar-refractivity contribution is -0.155. The Labute approximate surface area is 113 Å². The average Bonchev–Trinajstić information content (AvgIpc) is 2.37. The van der Waals surface area contributed by atoms with Crippen molar-refractivity contribution in [3.05, 3.63) is 35.6 Å². The second kappa shape index (κ2) is 5.19. The van der Waals surface area contributed by atoms with Crippen LogP contribution in [0.1, 0.15) is 30.9 Å². The van der Waals surface area contributed by atoms with E-state index in [1.165, 1.54) is 12.5 Å². The molecule has 104 valence electrons. The van der Waals surface area contributed by atoms with Gasteiger partial charge in [0.25, 0.3) is 0 Å². The van der Waals surface area contributed by atoms with Crippen LogP contribution in [0.5, 0.6) is 0 Å². The van der Waals surface area contributed by atoms with Gasteiger partial charge in [-0.05, 0) is 25.3 Å². The summed E-state index contributed by atoms with van der Waals surface area (Å²) >= 11 is 0. The molecule has 1 aromatic carbocycles. The van der Waals surface area contributed by atoms with Gasteiger partial charge in [0.1, 0.15) is 5.82 Å². The normalized spacial score (nSPS) is 24.1.